The van der Waals surface area contributed by atoms with Crippen molar-refractivity contribution in [3.05, 3.63) is 23.8 Å². The van der Waals surface area contributed by atoms with Crippen LogP contribution in [-0.4, -0.2) is 67.9 Å². The van der Waals surface area contributed by atoms with Crippen LogP contribution in [0.2, 0.25) is 0 Å². The largest absolute Gasteiger partial charge is 0.494 e. The van der Waals surface area contributed by atoms with Crippen LogP contribution >= 0.6 is 0 Å². The minimum Gasteiger partial charge on any atom is -0.494 e. The number of piperazine rings is 1. The predicted octanol–water partition coefficient (Wildman–Crippen LogP) is 2.15. The fourth-order valence-electron chi connectivity index (χ4n) is 2.86. The SMILES string of the molecule is CCOc1ccc(C(O)CCN2CCN(C)CC2)c(OCC)c1. The van der Waals surface area contributed by atoms with Crippen molar-refractivity contribution in [1.82, 2.24) is 9.80 Å². The van der Waals surface area contributed by atoms with Crippen LogP contribution in [0.5, 0.6) is 11.5 Å². The van der Waals surface area contributed by atoms with Gasteiger partial charge in [-0.15, -0.1) is 0 Å². The maximum atomic E-state index is 10.6. The van der Waals surface area contributed by atoms with E-state index in [0.29, 0.717) is 13.2 Å². The fraction of sp³-hybridized carbons (Fsp3) is 0.667. The first-order valence-corrected chi connectivity index (χ1v) is 8.62. The van der Waals surface area contributed by atoms with Crippen molar-refractivity contribution < 1.29 is 14.6 Å². The first-order chi connectivity index (χ1) is 11.1. The molecule has 5 heteroatoms. The van der Waals surface area contributed by atoms with Gasteiger partial charge in [0.25, 0.3) is 0 Å². The number of nitrogens with zero attached hydrogens (tertiary/aromatic N) is 2. The molecule has 1 saturated heterocycles. The predicted molar refractivity (Wildman–Crippen MR) is 92.3 cm³/mol. The van der Waals surface area contributed by atoms with E-state index in [1.54, 1.807) is 0 Å². The average Bonchev–Trinajstić information content (AvgIpc) is 2.55. The van der Waals surface area contributed by atoms with E-state index in [2.05, 4.69) is 16.8 Å². The Morgan fingerprint density at radius 2 is 1.78 bits per heavy atom. The quantitative estimate of drug-likeness (QED) is 0.794. The van der Waals surface area contributed by atoms with Crippen LogP contribution in [0.15, 0.2) is 18.2 Å². The van der Waals surface area contributed by atoms with Crippen LogP contribution in [0.1, 0.15) is 31.9 Å². The summed E-state index contributed by atoms with van der Waals surface area (Å²) in [6.45, 7) is 10.4. The van der Waals surface area contributed by atoms with E-state index in [4.69, 9.17) is 9.47 Å². The number of rotatable bonds is 8. The molecular formula is C18H30N2O3. The highest BCUT2D eigenvalue weighted by molar-refractivity contribution is 5.42. The van der Waals surface area contributed by atoms with Gasteiger partial charge in [0.1, 0.15) is 11.5 Å². The first-order valence-electron chi connectivity index (χ1n) is 8.62. The van der Waals surface area contributed by atoms with Crippen LogP contribution in [0.25, 0.3) is 0 Å². The molecule has 0 amide bonds. The van der Waals surface area contributed by atoms with Gasteiger partial charge < -0.3 is 24.4 Å². The van der Waals surface area contributed by atoms with Gasteiger partial charge in [0, 0.05) is 44.4 Å². The Labute approximate surface area is 139 Å². The highest BCUT2D eigenvalue weighted by Gasteiger charge is 2.18. The summed E-state index contributed by atoms with van der Waals surface area (Å²) in [5.41, 5.74) is 0.851. The second-order valence-electron chi connectivity index (χ2n) is 6.02. The summed E-state index contributed by atoms with van der Waals surface area (Å²) in [4.78, 5) is 4.75. The first kappa shape index (κ1) is 18.0. The van der Waals surface area contributed by atoms with Gasteiger partial charge in [-0.3, -0.25) is 0 Å². The Hall–Kier alpha value is -1.30. The van der Waals surface area contributed by atoms with Crippen molar-refractivity contribution >= 4 is 0 Å². The third-order valence-electron chi connectivity index (χ3n) is 4.27. The summed E-state index contributed by atoms with van der Waals surface area (Å²) in [6, 6.07) is 5.70. The highest BCUT2D eigenvalue weighted by atomic mass is 16.5. The van der Waals surface area contributed by atoms with Crippen molar-refractivity contribution in [2.45, 2.75) is 26.4 Å². The van der Waals surface area contributed by atoms with Gasteiger partial charge in [-0.25, -0.2) is 0 Å². The van der Waals surface area contributed by atoms with Crippen LogP contribution < -0.4 is 9.47 Å². The minimum atomic E-state index is -0.508. The third kappa shape index (κ3) is 5.37. The molecule has 1 unspecified atom stereocenters. The molecule has 0 bridgehead atoms. The number of likely N-dealkylation sites (N-methyl/N-ethyl adjacent to an activating group) is 1. The number of aliphatic hydroxyl groups excluding tert-OH is 1. The van der Waals surface area contributed by atoms with Crippen LogP contribution in [0.3, 0.4) is 0 Å². The maximum absolute atomic E-state index is 10.6. The summed E-state index contributed by atoms with van der Waals surface area (Å²) in [6.07, 6.45) is 0.212. The monoisotopic (exact) mass is 322 g/mol. The lowest BCUT2D eigenvalue weighted by molar-refractivity contribution is 0.111. The second-order valence-corrected chi connectivity index (χ2v) is 6.02. The molecule has 5 nitrogen and oxygen atoms in total. The molecule has 1 atom stereocenters. The molecule has 0 saturated carbocycles. The topological polar surface area (TPSA) is 45.2 Å². The van der Waals surface area contributed by atoms with E-state index >= 15 is 0 Å². The number of benzene rings is 1. The van der Waals surface area contributed by atoms with Gasteiger partial charge in [-0.2, -0.15) is 0 Å². The Bertz CT molecular complexity index is 473. The molecule has 1 fully saturated rings. The van der Waals surface area contributed by atoms with E-state index < -0.39 is 6.10 Å². The summed E-state index contributed by atoms with van der Waals surface area (Å²) >= 11 is 0. The average molecular weight is 322 g/mol. The zero-order chi connectivity index (χ0) is 16.7. The molecule has 130 valence electrons. The maximum Gasteiger partial charge on any atom is 0.128 e. The smallest absolute Gasteiger partial charge is 0.128 e. The van der Waals surface area contributed by atoms with E-state index in [1.165, 1.54) is 0 Å². The number of hydrogen-bond acceptors (Lipinski definition) is 5. The Balaban J connectivity index is 1.95. The third-order valence-corrected chi connectivity index (χ3v) is 4.27. The standard InChI is InChI=1S/C18H30N2O3/c1-4-22-15-6-7-16(18(14-15)23-5-2)17(21)8-9-20-12-10-19(3)11-13-20/h6-7,14,17,21H,4-5,8-13H2,1-3H3. The van der Waals surface area contributed by atoms with Crippen LogP contribution in [0.4, 0.5) is 0 Å². The second kappa shape index (κ2) is 9.11. The Morgan fingerprint density at radius 3 is 2.43 bits per heavy atom. The van der Waals surface area contributed by atoms with Crippen molar-refractivity contribution in [3.8, 4) is 11.5 Å². The van der Waals surface area contributed by atoms with Crippen molar-refractivity contribution in [2.24, 2.45) is 0 Å². The summed E-state index contributed by atoms with van der Waals surface area (Å²) in [7, 11) is 2.15. The van der Waals surface area contributed by atoms with Gasteiger partial charge in [-0.1, -0.05) is 0 Å². The molecular weight excluding hydrogens is 292 g/mol. The van der Waals surface area contributed by atoms with Gasteiger partial charge in [0.2, 0.25) is 0 Å². The number of aliphatic hydroxyl groups is 1. The van der Waals surface area contributed by atoms with E-state index in [1.807, 2.05) is 32.0 Å². The van der Waals surface area contributed by atoms with Crippen molar-refractivity contribution in [2.75, 3.05) is 53.0 Å². The molecule has 0 aliphatic carbocycles. The van der Waals surface area contributed by atoms with Gasteiger partial charge in [-0.05, 0) is 39.4 Å². The molecule has 1 N–H and O–H groups in total. The molecule has 23 heavy (non-hydrogen) atoms. The molecule has 0 radical (unpaired) electrons. The van der Waals surface area contributed by atoms with Crippen LogP contribution in [-0.2, 0) is 0 Å². The van der Waals surface area contributed by atoms with E-state index in [0.717, 1.165) is 56.2 Å². The van der Waals surface area contributed by atoms with Gasteiger partial charge in [0.05, 0.1) is 19.3 Å². The zero-order valence-electron chi connectivity index (χ0n) is 14.6. The molecule has 0 aromatic heterocycles. The molecule has 1 aliphatic rings. The molecule has 0 spiro atoms. The van der Waals surface area contributed by atoms with E-state index in [9.17, 15) is 5.11 Å². The summed E-state index contributed by atoms with van der Waals surface area (Å²) in [5.74, 6) is 1.51. The number of ether oxygens (including phenoxy) is 2. The molecule has 1 aromatic rings. The van der Waals surface area contributed by atoms with Crippen molar-refractivity contribution in [3.63, 3.8) is 0 Å². The lowest BCUT2D eigenvalue weighted by Gasteiger charge is -2.32. The van der Waals surface area contributed by atoms with Crippen molar-refractivity contribution in [1.29, 1.82) is 0 Å². The summed E-state index contributed by atoms with van der Waals surface area (Å²) in [5, 5.41) is 10.6. The fourth-order valence-corrected chi connectivity index (χ4v) is 2.86. The summed E-state index contributed by atoms with van der Waals surface area (Å²) < 4.78 is 11.2. The van der Waals surface area contributed by atoms with Gasteiger partial charge >= 0.3 is 0 Å². The highest BCUT2D eigenvalue weighted by Crippen LogP contribution is 2.31. The Morgan fingerprint density at radius 1 is 1.09 bits per heavy atom. The number of hydrogen-bond donors (Lipinski definition) is 1. The molecule has 1 aromatic carbocycles. The Kier molecular flexibility index (Phi) is 7.15. The molecule has 2 rings (SSSR count). The molecule has 1 heterocycles. The normalized spacial score (nSPS) is 17.9. The lowest BCUT2D eigenvalue weighted by atomic mass is 10.0. The molecule has 1 aliphatic heterocycles. The van der Waals surface area contributed by atoms with Crippen LogP contribution in [0, 0.1) is 0 Å². The minimum absolute atomic E-state index is 0.508. The van der Waals surface area contributed by atoms with E-state index in [-0.39, 0.29) is 0 Å². The lowest BCUT2D eigenvalue weighted by Crippen LogP contribution is -2.44. The zero-order valence-corrected chi connectivity index (χ0v) is 14.6. The van der Waals surface area contributed by atoms with Gasteiger partial charge in [0.15, 0.2) is 0 Å².